The molecule has 3 rings (SSSR count). The predicted octanol–water partition coefficient (Wildman–Crippen LogP) is 3.76. The Labute approximate surface area is 170 Å². The zero-order valence-corrected chi connectivity index (χ0v) is 16.3. The number of carbonyl (C=O) groups is 1. The van der Waals surface area contributed by atoms with Gasteiger partial charge in [-0.05, 0) is 42.4 Å². The SMILES string of the molecule is CNCCc1cc(C(=O)N(Cc2ccc(F)cc2)OCc2ccccc2)ccn1. The minimum Gasteiger partial charge on any atom is -0.319 e. The highest BCUT2D eigenvalue weighted by Crippen LogP contribution is 2.14. The maximum absolute atomic E-state index is 13.2. The summed E-state index contributed by atoms with van der Waals surface area (Å²) >= 11 is 0. The van der Waals surface area contributed by atoms with Crippen LogP contribution in [0.25, 0.3) is 0 Å². The third-order valence-corrected chi connectivity index (χ3v) is 4.39. The Kier molecular flexibility index (Phi) is 7.44. The van der Waals surface area contributed by atoms with E-state index in [1.54, 1.807) is 30.5 Å². The van der Waals surface area contributed by atoms with Crippen molar-refractivity contribution in [1.29, 1.82) is 0 Å². The maximum Gasteiger partial charge on any atom is 0.277 e. The highest BCUT2D eigenvalue weighted by Gasteiger charge is 2.18. The first-order chi connectivity index (χ1) is 14.2. The first kappa shape index (κ1) is 20.6. The van der Waals surface area contributed by atoms with Gasteiger partial charge >= 0.3 is 0 Å². The van der Waals surface area contributed by atoms with E-state index >= 15 is 0 Å². The molecule has 0 aliphatic carbocycles. The fourth-order valence-electron chi connectivity index (χ4n) is 2.80. The van der Waals surface area contributed by atoms with Gasteiger partial charge in [-0.1, -0.05) is 42.5 Å². The molecule has 6 heteroatoms. The third-order valence-electron chi connectivity index (χ3n) is 4.39. The van der Waals surface area contributed by atoms with Gasteiger partial charge in [0.25, 0.3) is 5.91 Å². The Morgan fingerprint density at radius 2 is 1.83 bits per heavy atom. The summed E-state index contributed by atoms with van der Waals surface area (Å²) in [6.45, 7) is 1.24. The second-order valence-corrected chi connectivity index (χ2v) is 6.62. The molecule has 29 heavy (non-hydrogen) atoms. The number of nitrogens with zero attached hydrogens (tertiary/aromatic N) is 2. The molecule has 0 aliphatic heterocycles. The first-order valence-electron chi connectivity index (χ1n) is 9.48. The summed E-state index contributed by atoms with van der Waals surface area (Å²) in [5.74, 6) is -0.585. The minimum absolute atomic E-state index is 0.208. The predicted molar refractivity (Wildman–Crippen MR) is 109 cm³/mol. The topological polar surface area (TPSA) is 54.5 Å². The van der Waals surface area contributed by atoms with Gasteiger partial charge in [-0.25, -0.2) is 9.45 Å². The standard InChI is InChI=1S/C23H24FN3O2/c1-25-13-12-22-15-20(11-14-26-22)23(28)27(16-18-7-9-21(24)10-8-18)29-17-19-5-3-2-4-6-19/h2-11,14-15,25H,12-13,16-17H2,1H3. The van der Waals surface area contributed by atoms with E-state index < -0.39 is 0 Å². The number of hydrogen-bond acceptors (Lipinski definition) is 4. The molecule has 150 valence electrons. The molecule has 0 fully saturated rings. The fourth-order valence-corrected chi connectivity index (χ4v) is 2.80. The van der Waals surface area contributed by atoms with Crippen LogP contribution in [0.5, 0.6) is 0 Å². The number of hydroxylamine groups is 2. The molecule has 1 aromatic heterocycles. The van der Waals surface area contributed by atoms with E-state index in [4.69, 9.17) is 4.84 Å². The van der Waals surface area contributed by atoms with Gasteiger partial charge in [-0.15, -0.1) is 0 Å². The number of carbonyl (C=O) groups excluding carboxylic acids is 1. The first-order valence-corrected chi connectivity index (χ1v) is 9.48. The van der Waals surface area contributed by atoms with Crippen molar-refractivity contribution in [2.75, 3.05) is 13.6 Å². The number of amides is 1. The van der Waals surface area contributed by atoms with Crippen molar-refractivity contribution in [1.82, 2.24) is 15.4 Å². The van der Waals surface area contributed by atoms with Crippen LogP contribution in [0.15, 0.2) is 72.9 Å². The molecule has 0 atom stereocenters. The molecule has 0 aliphatic rings. The molecule has 1 amide bonds. The number of aromatic nitrogens is 1. The number of pyridine rings is 1. The Morgan fingerprint density at radius 3 is 2.55 bits per heavy atom. The van der Waals surface area contributed by atoms with E-state index in [1.165, 1.54) is 17.2 Å². The van der Waals surface area contributed by atoms with Crippen molar-refractivity contribution in [2.45, 2.75) is 19.6 Å². The lowest BCUT2D eigenvalue weighted by molar-refractivity contribution is -0.140. The van der Waals surface area contributed by atoms with Crippen LogP contribution in [-0.2, 0) is 24.4 Å². The highest BCUT2D eigenvalue weighted by atomic mass is 19.1. The average Bonchev–Trinajstić information content (AvgIpc) is 2.77. The molecule has 2 aromatic carbocycles. The van der Waals surface area contributed by atoms with Crippen molar-refractivity contribution in [3.8, 4) is 0 Å². The van der Waals surface area contributed by atoms with Crippen LogP contribution < -0.4 is 5.32 Å². The number of rotatable bonds is 9. The highest BCUT2D eigenvalue weighted by molar-refractivity contribution is 5.93. The van der Waals surface area contributed by atoms with Gasteiger partial charge in [0.2, 0.25) is 0 Å². The van der Waals surface area contributed by atoms with Gasteiger partial charge in [0, 0.05) is 30.4 Å². The molecule has 0 radical (unpaired) electrons. The fraction of sp³-hybridized carbons (Fsp3) is 0.217. The van der Waals surface area contributed by atoms with Gasteiger partial charge in [0.1, 0.15) is 12.4 Å². The normalized spacial score (nSPS) is 10.7. The maximum atomic E-state index is 13.2. The molecular weight excluding hydrogens is 369 g/mol. The summed E-state index contributed by atoms with van der Waals surface area (Å²) in [5.41, 5.74) is 3.06. The zero-order valence-electron chi connectivity index (χ0n) is 16.3. The smallest absolute Gasteiger partial charge is 0.277 e. The van der Waals surface area contributed by atoms with E-state index in [0.717, 1.165) is 29.8 Å². The summed E-state index contributed by atoms with van der Waals surface area (Å²) in [4.78, 5) is 23.3. The molecule has 0 bridgehead atoms. The monoisotopic (exact) mass is 393 g/mol. The van der Waals surface area contributed by atoms with Crippen LogP contribution in [0.3, 0.4) is 0 Å². The second-order valence-electron chi connectivity index (χ2n) is 6.62. The minimum atomic E-state index is -0.319. The summed E-state index contributed by atoms with van der Waals surface area (Å²) in [6.07, 6.45) is 2.35. The molecule has 3 aromatic rings. The van der Waals surface area contributed by atoms with Gasteiger partial charge in [-0.3, -0.25) is 14.6 Å². The zero-order chi connectivity index (χ0) is 20.5. The lowest BCUT2D eigenvalue weighted by atomic mass is 10.1. The molecule has 0 saturated heterocycles. The Balaban J connectivity index is 1.78. The van der Waals surface area contributed by atoms with Gasteiger partial charge in [-0.2, -0.15) is 0 Å². The summed E-state index contributed by atoms with van der Waals surface area (Å²) < 4.78 is 13.2. The second kappa shape index (κ2) is 10.5. The summed E-state index contributed by atoms with van der Waals surface area (Å²) in [5, 5.41) is 4.39. The number of likely N-dealkylation sites (N-methyl/N-ethyl adjacent to an activating group) is 1. The van der Waals surface area contributed by atoms with Crippen LogP contribution in [-0.4, -0.2) is 29.5 Å². The van der Waals surface area contributed by atoms with E-state index in [0.29, 0.717) is 5.56 Å². The van der Waals surface area contributed by atoms with Crippen LogP contribution in [0.4, 0.5) is 4.39 Å². The van der Waals surface area contributed by atoms with Crippen LogP contribution >= 0.6 is 0 Å². The number of hydrogen-bond donors (Lipinski definition) is 1. The molecule has 0 spiro atoms. The summed E-state index contributed by atoms with van der Waals surface area (Å²) in [6, 6.07) is 19.1. The van der Waals surface area contributed by atoms with Gasteiger partial charge < -0.3 is 5.32 Å². The van der Waals surface area contributed by atoms with Crippen LogP contribution in [0.1, 0.15) is 27.2 Å². The van der Waals surface area contributed by atoms with E-state index in [-0.39, 0.29) is 24.9 Å². The molecule has 1 heterocycles. The molecule has 5 nitrogen and oxygen atoms in total. The lowest BCUT2D eigenvalue weighted by Crippen LogP contribution is -2.31. The van der Waals surface area contributed by atoms with Gasteiger partial charge in [0.15, 0.2) is 0 Å². The quantitative estimate of drug-likeness (QED) is 0.563. The molecular formula is C23H24FN3O2. The van der Waals surface area contributed by atoms with Crippen molar-refractivity contribution in [2.24, 2.45) is 0 Å². The van der Waals surface area contributed by atoms with Crippen molar-refractivity contribution < 1.29 is 14.0 Å². The molecule has 0 saturated carbocycles. The molecule has 1 N–H and O–H groups in total. The molecule has 0 unspecified atom stereocenters. The van der Waals surface area contributed by atoms with Crippen molar-refractivity contribution >= 4 is 5.91 Å². The lowest BCUT2D eigenvalue weighted by Gasteiger charge is -2.22. The average molecular weight is 393 g/mol. The van der Waals surface area contributed by atoms with E-state index in [9.17, 15) is 9.18 Å². The van der Waals surface area contributed by atoms with Crippen molar-refractivity contribution in [3.63, 3.8) is 0 Å². The van der Waals surface area contributed by atoms with E-state index in [1.807, 2.05) is 37.4 Å². The number of halogens is 1. The Morgan fingerprint density at radius 1 is 1.07 bits per heavy atom. The Bertz CT molecular complexity index is 917. The van der Waals surface area contributed by atoms with Crippen LogP contribution in [0, 0.1) is 5.82 Å². The Hall–Kier alpha value is -3.09. The largest absolute Gasteiger partial charge is 0.319 e. The van der Waals surface area contributed by atoms with Gasteiger partial charge in [0.05, 0.1) is 6.54 Å². The number of nitrogens with one attached hydrogen (secondary N) is 1. The number of benzene rings is 2. The van der Waals surface area contributed by atoms with Crippen molar-refractivity contribution in [3.05, 3.63) is 101 Å². The summed E-state index contributed by atoms with van der Waals surface area (Å²) in [7, 11) is 1.87. The third kappa shape index (κ3) is 6.20. The van der Waals surface area contributed by atoms with Crippen LogP contribution in [0.2, 0.25) is 0 Å². The van der Waals surface area contributed by atoms with E-state index in [2.05, 4.69) is 10.3 Å².